The molecule has 0 unspecified atom stereocenters. The van der Waals surface area contributed by atoms with Gasteiger partial charge in [0.25, 0.3) is 10.0 Å². The summed E-state index contributed by atoms with van der Waals surface area (Å²) in [6.45, 7) is 3.05. The first-order valence-corrected chi connectivity index (χ1v) is 9.43. The number of anilines is 1. The van der Waals surface area contributed by atoms with E-state index in [4.69, 9.17) is 34.8 Å². The summed E-state index contributed by atoms with van der Waals surface area (Å²) in [6, 6.07) is 9.41. The SMILES string of the molecule is Cc1ccc(C)c(N(CC(=O)Cl)S(=O)(=O)c2cc(Cl)ccc2Cl)c1. The summed E-state index contributed by atoms with van der Waals surface area (Å²) in [7, 11) is -4.13. The van der Waals surface area contributed by atoms with E-state index >= 15 is 0 Å². The van der Waals surface area contributed by atoms with Gasteiger partial charge in [-0.15, -0.1) is 0 Å². The maximum absolute atomic E-state index is 13.1. The van der Waals surface area contributed by atoms with Crippen molar-refractivity contribution in [2.75, 3.05) is 10.8 Å². The molecule has 0 atom stereocenters. The molecule has 0 saturated heterocycles. The summed E-state index contributed by atoms with van der Waals surface area (Å²) < 4.78 is 27.1. The van der Waals surface area contributed by atoms with Crippen molar-refractivity contribution >= 4 is 55.8 Å². The highest BCUT2D eigenvalue weighted by Crippen LogP contribution is 2.32. The highest BCUT2D eigenvalue weighted by atomic mass is 35.5. The summed E-state index contributed by atoms with van der Waals surface area (Å²) in [5.74, 6) is 0. The van der Waals surface area contributed by atoms with E-state index < -0.39 is 21.8 Å². The molecule has 0 bridgehead atoms. The summed E-state index contributed by atoms with van der Waals surface area (Å²) >= 11 is 17.4. The fourth-order valence-corrected chi connectivity index (χ4v) is 4.60. The topological polar surface area (TPSA) is 54.5 Å². The van der Waals surface area contributed by atoms with Gasteiger partial charge in [0.1, 0.15) is 11.4 Å². The fraction of sp³-hybridized carbons (Fsp3) is 0.188. The molecule has 0 radical (unpaired) electrons. The van der Waals surface area contributed by atoms with Crippen molar-refractivity contribution in [2.45, 2.75) is 18.7 Å². The zero-order chi connectivity index (χ0) is 18.1. The molecule has 0 aliphatic carbocycles. The Morgan fingerprint density at radius 3 is 2.38 bits per heavy atom. The summed E-state index contributed by atoms with van der Waals surface area (Å²) in [5.41, 5.74) is 1.88. The molecule has 0 N–H and O–H groups in total. The van der Waals surface area contributed by atoms with E-state index in [1.54, 1.807) is 19.1 Å². The predicted molar refractivity (Wildman–Crippen MR) is 97.8 cm³/mol. The molecular formula is C16H14Cl3NO3S. The monoisotopic (exact) mass is 405 g/mol. The number of benzene rings is 2. The number of aryl methyl sites for hydroxylation is 2. The molecule has 4 nitrogen and oxygen atoms in total. The minimum Gasteiger partial charge on any atom is -0.279 e. The van der Waals surface area contributed by atoms with E-state index in [2.05, 4.69) is 0 Å². The lowest BCUT2D eigenvalue weighted by atomic mass is 10.1. The molecule has 2 rings (SSSR count). The molecule has 0 spiro atoms. The van der Waals surface area contributed by atoms with Gasteiger partial charge >= 0.3 is 0 Å². The van der Waals surface area contributed by atoms with Crippen LogP contribution in [-0.2, 0) is 14.8 Å². The second-order valence-corrected chi connectivity index (χ2v) is 8.33. The summed E-state index contributed by atoms with van der Waals surface area (Å²) in [6.07, 6.45) is 0. The number of sulfonamides is 1. The Labute approximate surface area is 156 Å². The van der Waals surface area contributed by atoms with Crippen molar-refractivity contribution in [3.05, 3.63) is 57.6 Å². The standard InChI is InChI=1S/C16H14Cl3NO3S/c1-10-3-4-11(2)14(7-10)20(9-16(19)21)24(22,23)15-8-12(17)5-6-13(15)18/h3-8H,9H2,1-2H3. The van der Waals surface area contributed by atoms with Crippen molar-refractivity contribution in [1.82, 2.24) is 0 Å². The number of carbonyl (C=O) groups excluding carboxylic acids is 1. The van der Waals surface area contributed by atoms with Gasteiger partial charge in [-0.2, -0.15) is 0 Å². The Kier molecular flexibility index (Phi) is 5.81. The Morgan fingerprint density at radius 2 is 1.75 bits per heavy atom. The van der Waals surface area contributed by atoms with Gasteiger partial charge in [0.05, 0.1) is 10.7 Å². The first-order valence-electron chi connectivity index (χ1n) is 6.86. The molecule has 0 aliphatic rings. The third-order valence-corrected chi connectivity index (χ3v) is 5.96. The van der Waals surface area contributed by atoms with Crippen LogP contribution < -0.4 is 4.31 Å². The molecule has 2 aromatic rings. The van der Waals surface area contributed by atoms with E-state index in [0.717, 1.165) is 9.87 Å². The average molecular weight is 407 g/mol. The van der Waals surface area contributed by atoms with Gasteiger partial charge in [-0.1, -0.05) is 35.3 Å². The third kappa shape index (κ3) is 4.03. The van der Waals surface area contributed by atoms with Crippen LogP contribution in [0.4, 0.5) is 5.69 Å². The van der Waals surface area contributed by atoms with Crippen LogP contribution in [0.25, 0.3) is 0 Å². The van der Waals surface area contributed by atoms with Gasteiger partial charge in [-0.3, -0.25) is 9.10 Å². The molecule has 0 heterocycles. The van der Waals surface area contributed by atoms with Crippen LogP contribution in [0.2, 0.25) is 10.0 Å². The minimum absolute atomic E-state index is 0.0109. The average Bonchev–Trinajstić information content (AvgIpc) is 2.49. The van der Waals surface area contributed by atoms with Gasteiger partial charge in [0, 0.05) is 5.02 Å². The lowest BCUT2D eigenvalue weighted by Crippen LogP contribution is -2.35. The number of hydrogen-bond donors (Lipinski definition) is 0. The minimum atomic E-state index is -4.13. The zero-order valence-electron chi connectivity index (χ0n) is 12.9. The van der Waals surface area contributed by atoms with Gasteiger partial charge in [-0.05, 0) is 60.8 Å². The lowest BCUT2D eigenvalue weighted by Gasteiger charge is -2.25. The van der Waals surface area contributed by atoms with Crippen molar-refractivity contribution in [3.8, 4) is 0 Å². The maximum atomic E-state index is 13.1. The largest absolute Gasteiger partial charge is 0.279 e. The molecule has 128 valence electrons. The number of carbonyl (C=O) groups is 1. The lowest BCUT2D eigenvalue weighted by molar-refractivity contribution is -0.110. The molecule has 0 aromatic heterocycles. The number of nitrogens with zero attached hydrogens (tertiary/aromatic N) is 1. The molecule has 0 aliphatic heterocycles. The molecule has 0 fully saturated rings. The van der Waals surface area contributed by atoms with E-state index in [-0.39, 0.29) is 14.9 Å². The predicted octanol–water partition coefficient (Wildman–Crippen LogP) is 4.57. The van der Waals surface area contributed by atoms with Crippen LogP contribution in [0, 0.1) is 13.8 Å². The van der Waals surface area contributed by atoms with E-state index in [1.165, 1.54) is 18.2 Å². The second kappa shape index (κ2) is 7.31. The zero-order valence-corrected chi connectivity index (χ0v) is 16.0. The van der Waals surface area contributed by atoms with Crippen LogP contribution in [0.15, 0.2) is 41.3 Å². The molecule has 2 aromatic carbocycles. The van der Waals surface area contributed by atoms with Gasteiger partial charge in [-0.25, -0.2) is 8.42 Å². The Bertz CT molecular complexity index is 897. The van der Waals surface area contributed by atoms with E-state index in [9.17, 15) is 13.2 Å². The number of halogens is 3. The van der Waals surface area contributed by atoms with Gasteiger partial charge < -0.3 is 0 Å². The smallest absolute Gasteiger partial charge is 0.266 e. The molecule has 24 heavy (non-hydrogen) atoms. The molecular weight excluding hydrogens is 393 g/mol. The fourth-order valence-electron chi connectivity index (χ4n) is 2.19. The van der Waals surface area contributed by atoms with E-state index in [0.29, 0.717) is 11.3 Å². The molecule has 0 saturated carbocycles. The van der Waals surface area contributed by atoms with Crippen LogP contribution in [0.1, 0.15) is 11.1 Å². The van der Waals surface area contributed by atoms with Crippen LogP contribution in [0.3, 0.4) is 0 Å². The summed E-state index contributed by atoms with van der Waals surface area (Å²) in [4.78, 5) is 11.3. The van der Waals surface area contributed by atoms with Crippen LogP contribution >= 0.6 is 34.8 Å². The van der Waals surface area contributed by atoms with Gasteiger partial charge in [0.2, 0.25) is 5.24 Å². The van der Waals surface area contributed by atoms with Crippen LogP contribution in [0.5, 0.6) is 0 Å². The van der Waals surface area contributed by atoms with Crippen molar-refractivity contribution in [1.29, 1.82) is 0 Å². The second-order valence-electron chi connectivity index (χ2n) is 5.23. The molecule has 8 heteroatoms. The Morgan fingerprint density at radius 1 is 1.08 bits per heavy atom. The molecule has 0 amide bonds. The number of rotatable bonds is 5. The highest BCUT2D eigenvalue weighted by Gasteiger charge is 2.30. The first kappa shape index (κ1) is 19.1. The van der Waals surface area contributed by atoms with Crippen molar-refractivity contribution < 1.29 is 13.2 Å². The van der Waals surface area contributed by atoms with Crippen molar-refractivity contribution in [2.24, 2.45) is 0 Å². The quantitative estimate of drug-likeness (QED) is 0.683. The normalized spacial score (nSPS) is 11.4. The van der Waals surface area contributed by atoms with Crippen molar-refractivity contribution in [3.63, 3.8) is 0 Å². The highest BCUT2D eigenvalue weighted by molar-refractivity contribution is 7.93. The van der Waals surface area contributed by atoms with E-state index in [1.807, 2.05) is 13.0 Å². The first-order chi connectivity index (χ1) is 11.1. The van der Waals surface area contributed by atoms with Gasteiger partial charge in [0.15, 0.2) is 0 Å². The third-order valence-electron chi connectivity index (χ3n) is 3.36. The maximum Gasteiger partial charge on any atom is 0.266 e. The Balaban J connectivity index is 2.69. The van der Waals surface area contributed by atoms with Crippen LogP contribution in [-0.4, -0.2) is 20.2 Å². The Hall–Kier alpha value is -1.27. The summed E-state index contributed by atoms with van der Waals surface area (Å²) in [5, 5.41) is -0.578. The number of hydrogen-bond acceptors (Lipinski definition) is 3.